The lowest BCUT2D eigenvalue weighted by Crippen LogP contribution is -2.02. The largest absolute Gasteiger partial charge is 0.301 e. The molecule has 0 unspecified atom stereocenters. The van der Waals surface area contributed by atoms with Crippen LogP contribution in [0, 0.1) is 20.2 Å². The Labute approximate surface area is 148 Å². The molecule has 0 heterocycles. The minimum absolute atomic E-state index is 0.0840. The second-order valence-corrected chi connectivity index (χ2v) is 5.59. The van der Waals surface area contributed by atoms with Crippen LogP contribution in [0.1, 0.15) is 12.5 Å². The molecule has 0 aromatic heterocycles. The number of hydrazone groups is 1. The Bertz CT molecular complexity index is 1050. The van der Waals surface area contributed by atoms with E-state index in [1.54, 1.807) is 6.92 Å². The first-order valence-electron chi connectivity index (χ1n) is 7.68. The van der Waals surface area contributed by atoms with Gasteiger partial charge in [0.05, 0.1) is 21.6 Å². The summed E-state index contributed by atoms with van der Waals surface area (Å²) in [4.78, 5) is 20.6. The van der Waals surface area contributed by atoms with Gasteiger partial charge in [0.1, 0.15) is 5.69 Å². The maximum atomic E-state index is 11.2. The van der Waals surface area contributed by atoms with Crippen LogP contribution in [0.25, 0.3) is 10.8 Å². The molecular weight excluding hydrogens is 336 g/mol. The van der Waals surface area contributed by atoms with Crippen molar-refractivity contribution in [2.24, 2.45) is 5.10 Å². The number of rotatable bonds is 5. The molecule has 8 heteroatoms. The van der Waals surface area contributed by atoms with Gasteiger partial charge in [0.15, 0.2) is 0 Å². The van der Waals surface area contributed by atoms with E-state index < -0.39 is 15.5 Å². The van der Waals surface area contributed by atoms with E-state index in [9.17, 15) is 20.2 Å². The van der Waals surface area contributed by atoms with Crippen LogP contribution in [0.2, 0.25) is 0 Å². The average molecular weight is 350 g/mol. The molecule has 1 N–H and O–H groups in total. The van der Waals surface area contributed by atoms with Gasteiger partial charge in [-0.2, -0.15) is 5.10 Å². The molecule has 0 saturated carbocycles. The third-order valence-electron chi connectivity index (χ3n) is 3.90. The number of nitrogens with one attached hydrogen (secondary N) is 1. The van der Waals surface area contributed by atoms with E-state index in [-0.39, 0.29) is 11.4 Å². The topological polar surface area (TPSA) is 111 Å². The van der Waals surface area contributed by atoms with E-state index in [2.05, 4.69) is 10.5 Å². The Morgan fingerprint density at radius 2 is 1.65 bits per heavy atom. The van der Waals surface area contributed by atoms with Gasteiger partial charge in [0.25, 0.3) is 5.69 Å². The van der Waals surface area contributed by atoms with Crippen LogP contribution in [0.4, 0.5) is 17.1 Å². The molecule has 0 saturated heterocycles. The molecule has 8 nitrogen and oxygen atoms in total. The third kappa shape index (κ3) is 3.48. The summed E-state index contributed by atoms with van der Waals surface area (Å²) in [5.41, 5.74) is 3.45. The summed E-state index contributed by atoms with van der Waals surface area (Å²) in [7, 11) is 0. The van der Waals surface area contributed by atoms with Gasteiger partial charge in [-0.1, -0.05) is 36.4 Å². The Balaban J connectivity index is 1.90. The van der Waals surface area contributed by atoms with Gasteiger partial charge in [-0.25, -0.2) is 0 Å². The van der Waals surface area contributed by atoms with Crippen molar-refractivity contribution in [2.45, 2.75) is 6.92 Å². The van der Waals surface area contributed by atoms with Crippen LogP contribution in [0.5, 0.6) is 0 Å². The maximum Gasteiger partial charge on any atom is 0.301 e. The van der Waals surface area contributed by atoms with Gasteiger partial charge in [-0.3, -0.25) is 25.7 Å². The van der Waals surface area contributed by atoms with Crippen LogP contribution in [-0.4, -0.2) is 15.6 Å². The van der Waals surface area contributed by atoms with Crippen molar-refractivity contribution in [1.82, 2.24) is 0 Å². The summed E-state index contributed by atoms with van der Waals surface area (Å²) in [5, 5.41) is 28.3. The summed E-state index contributed by atoms with van der Waals surface area (Å²) in [6.45, 7) is 1.77. The van der Waals surface area contributed by atoms with Crippen LogP contribution >= 0.6 is 0 Å². The molecule has 0 aliphatic heterocycles. The van der Waals surface area contributed by atoms with Gasteiger partial charge in [0, 0.05) is 6.07 Å². The summed E-state index contributed by atoms with van der Waals surface area (Å²) >= 11 is 0. The van der Waals surface area contributed by atoms with Gasteiger partial charge >= 0.3 is 5.69 Å². The SMILES string of the molecule is C/C(=N\Nc1ccc([N+](=O)[O-])cc1[N+](=O)[O-])c1ccc2ccccc2c1. The highest BCUT2D eigenvalue weighted by molar-refractivity contribution is 6.02. The molecule has 0 spiro atoms. The van der Waals surface area contributed by atoms with E-state index in [1.807, 2.05) is 42.5 Å². The number of nitro benzene ring substituents is 2. The zero-order valence-corrected chi connectivity index (χ0v) is 13.7. The first-order valence-corrected chi connectivity index (χ1v) is 7.68. The fourth-order valence-corrected chi connectivity index (χ4v) is 2.50. The molecule has 3 aromatic carbocycles. The Hall–Kier alpha value is -3.81. The van der Waals surface area contributed by atoms with E-state index in [0.29, 0.717) is 5.71 Å². The smallest absolute Gasteiger partial charge is 0.271 e. The zero-order valence-electron chi connectivity index (χ0n) is 13.7. The molecule has 0 atom stereocenters. The number of nitrogens with zero attached hydrogens (tertiary/aromatic N) is 3. The van der Waals surface area contributed by atoms with Gasteiger partial charge < -0.3 is 0 Å². The lowest BCUT2D eigenvalue weighted by Gasteiger charge is -2.06. The Morgan fingerprint density at radius 1 is 0.923 bits per heavy atom. The maximum absolute atomic E-state index is 11.2. The molecule has 0 bridgehead atoms. The molecule has 130 valence electrons. The first-order chi connectivity index (χ1) is 12.5. The summed E-state index contributed by atoms with van der Waals surface area (Å²) in [6, 6.07) is 17.1. The number of hydrogen-bond donors (Lipinski definition) is 1. The van der Waals surface area contributed by atoms with Crippen molar-refractivity contribution in [3.8, 4) is 0 Å². The molecular formula is C18H14N4O4. The summed E-state index contributed by atoms with van der Waals surface area (Å²) < 4.78 is 0. The van der Waals surface area contributed by atoms with Crippen LogP contribution in [0.3, 0.4) is 0 Å². The molecule has 0 radical (unpaired) electrons. The van der Waals surface area contributed by atoms with Crippen LogP contribution in [-0.2, 0) is 0 Å². The number of anilines is 1. The molecule has 0 amide bonds. The van der Waals surface area contributed by atoms with Crippen molar-refractivity contribution in [3.05, 3.63) is 86.5 Å². The average Bonchev–Trinajstić information content (AvgIpc) is 2.65. The van der Waals surface area contributed by atoms with Crippen molar-refractivity contribution in [2.75, 3.05) is 5.43 Å². The fourth-order valence-electron chi connectivity index (χ4n) is 2.50. The van der Waals surface area contributed by atoms with Gasteiger partial charge in [-0.15, -0.1) is 0 Å². The predicted octanol–water partition coefficient (Wildman–Crippen LogP) is 4.49. The highest BCUT2D eigenvalue weighted by Crippen LogP contribution is 2.29. The third-order valence-corrected chi connectivity index (χ3v) is 3.90. The molecule has 26 heavy (non-hydrogen) atoms. The summed E-state index contributed by atoms with van der Waals surface area (Å²) in [5.74, 6) is 0. The predicted molar refractivity (Wildman–Crippen MR) is 99.5 cm³/mol. The minimum atomic E-state index is -0.684. The monoisotopic (exact) mass is 350 g/mol. The lowest BCUT2D eigenvalue weighted by molar-refractivity contribution is -0.393. The summed E-state index contributed by atoms with van der Waals surface area (Å²) in [6.07, 6.45) is 0. The van der Waals surface area contributed by atoms with E-state index in [0.717, 1.165) is 22.4 Å². The second-order valence-electron chi connectivity index (χ2n) is 5.59. The highest BCUT2D eigenvalue weighted by atomic mass is 16.6. The Kier molecular flexibility index (Phi) is 4.57. The van der Waals surface area contributed by atoms with E-state index in [1.165, 1.54) is 12.1 Å². The molecule has 3 aromatic rings. The Morgan fingerprint density at radius 3 is 2.35 bits per heavy atom. The zero-order chi connectivity index (χ0) is 18.7. The van der Waals surface area contributed by atoms with Gasteiger partial charge in [-0.05, 0) is 35.4 Å². The number of hydrogen-bond acceptors (Lipinski definition) is 6. The van der Waals surface area contributed by atoms with Crippen molar-refractivity contribution in [1.29, 1.82) is 0 Å². The number of benzene rings is 3. The standard InChI is InChI=1S/C18H14N4O4/c1-12(14-7-6-13-4-2-3-5-15(13)10-14)19-20-17-9-8-16(21(23)24)11-18(17)22(25)26/h2-11,20H,1H3/b19-12+. The van der Waals surface area contributed by atoms with E-state index >= 15 is 0 Å². The minimum Gasteiger partial charge on any atom is -0.271 e. The number of non-ortho nitro benzene ring substituents is 1. The fraction of sp³-hybridized carbons (Fsp3) is 0.0556. The number of fused-ring (bicyclic) bond motifs is 1. The van der Waals surface area contributed by atoms with Crippen molar-refractivity contribution >= 4 is 33.5 Å². The van der Waals surface area contributed by atoms with Crippen LogP contribution < -0.4 is 5.43 Å². The lowest BCUT2D eigenvalue weighted by atomic mass is 10.0. The normalized spacial score (nSPS) is 11.3. The van der Waals surface area contributed by atoms with E-state index in [4.69, 9.17) is 0 Å². The second kappa shape index (κ2) is 6.98. The van der Waals surface area contributed by atoms with Crippen LogP contribution in [0.15, 0.2) is 65.8 Å². The van der Waals surface area contributed by atoms with Gasteiger partial charge in [0.2, 0.25) is 0 Å². The first kappa shape index (κ1) is 17.0. The molecule has 0 fully saturated rings. The molecule has 0 aliphatic carbocycles. The quantitative estimate of drug-likeness (QED) is 0.414. The number of nitro groups is 2. The molecule has 0 aliphatic rings. The van der Waals surface area contributed by atoms with Crippen molar-refractivity contribution in [3.63, 3.8) is 0 Å². The highest BCUT2D eigenvalue weighted by Gasteiger charge is 2.19. The van der Waals surface area contributed by atoms with Crippen molar-refractivity contribution < 1.29 is 9.85 Å². The molecule has 3 rings (SSSR count).